The van der Waals surface area contributed by atoms with E-state index in [1.54, 1.807) is 33.7 Å². The van der Waals surface area contributed by atoms with Crippen molar-refractivity contribution in [2.24, 2.45) is 5.92 Å². The Morgan fingerprint density at radius 1 is 1.26 bits per heavy atom. The summed E-state index contributed by atoms with van der Waals surface area (Å²) in [6.45, 7) is 0.726. The zero-order chi connectivity index (χ0) is 31.5. The molecule has 10 nitrogen and oxygen atoms in total. The molecule has 1 aliphatic rings. The van der Waals surface area contributed by atoms with Gasteiger partial charge in [0.1, 0.15) is 0 Å². The van der Waals surface area contributed by atoms with Gasteiger partial charge >= 0.3 is 12.1 Å². The summed E-state index contributed by atoms with van der Waals surface area (Å²) in [6, 6.07) is 6.40. The van der Waals surface area contributed by atoms with Crippen LogP contribution in [0.1, 0.15) is 37.3 Å². The van der Waals surface area contributed by atoms with Gasteiger partial charge in [-0.2, -0.15) is 23.5 Å². The maximum Gasteiger partial charge on any atom is 0.421 e. The Morgan fingerprint density at radius 3 is 2.56 bits per heavy atom. The second kappa shape index (κ2) is 10.2. The third-order valence-corrected chi connectivity index (χ3v) is 8.30. The van der Waals surface area contributed by atoms with Gasteiger partial charge in [0.05, 0.1) is 78.4 Å². The van der Waals surface area contributed by atoms with Gasteiger partial charge in [0, 0.05) is 23.5 Å². The number of imidazole rings is 1. The number of anilines is 1. The number of aromatic nitrogens is 5. The summed E-state index contributed by atoms with van der Waals surface area (Å²) in [6.07, 6.45) is 2.56. The average Bonchev–Trinajstić information content (AvgIpc) is 3.57. The van der Waals surface area contributed by atoms with E-state index in [-0.39, 0.29) is 29.7 Å². The molecule has 1 aromatic carbocycles. The first kappa shape index (κ1) is 30.2. The predicted molar refractivity (Wildman–Crippen MR) is 160 cm³/mol. The fraction of sp³-hybridized carbons (Fsp3) is 0.370. The zero-order valence-corrected chi connectivity index (χ0v) is 24.4. The molecule has 4 aromatic rings. The fourth-order valence-electron chi connectivity index (χ4n) is 5.69. The van der Waals surface area contributed by atoms with E-state index in [1.165, 1.54) is 25.4 Å². The minimum Gasteiger partial charge on any atom is -0.469 e. The van der Waals surface area contributed by atoms with E-state index in [9.17, 15) is 28.3 Å². The van der Waals surface area contributed by atoms with Gasteiger partial charge in [-0.3, -0.25) is 13.9 Å². The van der Waals surface area contributed by atoms with Crippen molar-refractivity contribution in [1.82, 2.24) is 24.1 Å². The van der Waals surface area contributed by atoms with E-state index in [1.807, 2.05) is 23.5 Å². The lowest BCUT2D eigenvalue weighted by atomic mass is 9.39. The molecular formula is C27H29B3F3N7O3. The van der Waals surface area contributed by atoms with Gasteiger partial charge < -0.3 is 15.6 Å². The highest BCUT2D eigenvalue weighted by Crippen LogP contribution is 2.47. The Morgan fingerprint density at radius 2 is 1.95 bits per heavy atom. The fourth-order valence-corrected chi connectivity index (χ4v) is 5.69. The monoisotopic (exact) mass is 589 g/mol. The first-order valence-corrected chi connectivity index (χ1v) is 13.6. The van der Waals surface area contributed by atoms with Crippen LogP contribution in [0.3, 0.4) is 0 Å². The molecule has 1 aliphatic carbocycles. The highest BCUT2D eigenvalue weighted by atomic mass is 19.4. The number of rotatable bonds is 7. The summed E-state index contributed by atoms with van der Waals surface area (Å²) in [5, 5.41) is 23.9. The van der Waals surface area contributed by atoms with Crippen molar-refractivity contribution in [2.45, 2.75) is 48.6 Å². The minimum absolute atomic E-state index is 0.0911. The molecule has 0 aliphatic heterocycles. The second-order valence-electron chi connectivity index (χ2n) is 12.3. The summed E-state index contributed by atoms with van der Waals surface area (Å²) in [5.74, 6) is -0.562. The van der Waals surface area contributed by atoms with Crippen molar-refractivity contribution in [3.8, 4) is 28.6 Å². The number of methoxy groups -OCH3 is 1. The molecule has 1 saturated carbocycles. The summed E-state index contributed by atoms with van der Waals surface area (Å²) in [5.41, 5.74) is 5.21. The van der Waals surface area contributed by atoms with Gasteiger partial charge in [0.2, 0.25) is 0 Å². The lowest BCUT2D eigenvalue weighted by molar-refractivity contribution is -0.258. The Bertz CT molecular complexity index is 1770. The number of hydrogen-bond donors (Lipinski definition) is 2. The van der Waals surface area contributed by atoms with Crippen molar-refractivity contribution in [1.29, 1.82) is 5.26 Å². The average molecular weight is 589 g/mol. The van der Waals surface area contributed by atoms with Gasteiger partial charge in [-0.05, 0) is 31.4 Å². The number of ether oxygens (including phenoxy) is 1. The number of aliphatic hydroxyl groups is 1. The molecule has 3 aromatic heterocycles. The number of esters is 1. The maximum atomic E-state index is 13.8. The molecule has 1 fully saturated rings. The van der Waals surface area contributed by atoms with E-state index >= 15 is 0 Å². The van der Waals surface area contributed by atoms with Gasteiger partial charge in [-0.25, -0.2) is 9.97 Å². The van der Waals surface area contributed by atoms with Crippen LogP contribution in [0.5, 0.6) is 0 Å². The van der Waals surface area contributed by atoms with Crippen LogP contribution in [0.4, 0.5) is 19.0 Å². The molecule has 1 atom stereocenters. The third kappa shape index (κ3) is 5.05. The maximum absolute atomic E-state index is 13.8. The number of nitrogens with zero attached hydrogens (tertiary/aromatic N) is 6. The van der Waals surface area contributed by atoms with Crippen LogP contribution >= 0.6 is 0 Å². The normalized spacial score (nSPS) is 20.3. The van der Waals surface area contributed by atoms with Crippen LogP contribution in [0.25, 0.3) is 28.2 Å². The molecule has 3 heterocycles. The predicted octanol–water partition coefficient (Wildman–Crippen LogP) is 0.813. The SMILES string of the molecule is BC(B)(B)c1ccc(C(C)(O)C(F)(F)F)cc1-c1cnc2c(N)nc(-c3cnn(C4(CC#N)CC(C(=O)OC)C4)c3)cn12. The Balaban J connectivity index is 1.62. The van der Waals surface area contributed by atoms with E-state index in [2.05, 4.69) is 21.1 Å². The molecule has 220 valence electrons. The van der Waals surface area contributed by atoms with E-state index in [4.69, 9.17) is 10.5 Å². The standard InChI is InChI=1S/C27H29B3F3N7O3/c1-24(42,27(31,32)33)16-3-4-18(26(28,29)30)17(7-16)20-11-36-22-21(35)38-19(13-39(20)22)15-10-37-40(12-15)25(5-6-34)8-14(9-25)23(41)43-2/h3-4,7,10-14,42H,5,8-9,28-30H2,1-2H3,(H2,35,38). The Kier molecular flexibility index (Phi) is 7.16. The first-order valence-electron chi connectivity index (χ1n) is 13.6. The van der Waals surface area contributed by atoms with Crippen LogP contribution < -0.4 is 5.73 Å². The number of hydrogen-bond acceptors (Lipinski definition) is 8. The highest BCUT2D eigenvalue weighted by molar-refractivity contribution is 6.59. The third-order valence-electron chi connectivity index (χ3n) is 8.30. The minimum atomic E-state index is -4.89. The van der Waals surface area contributed by atoms with Crippen LogP contribution in [0.15, 0.2) is 43.0 Å². The van der Waals surface area contributed by atoms with Crippen molar-refractivity contribution in [3.05, 3.63) is 54.1 Å². The lowest BCUT2D eigenvalue weighted by Crippen LogP contribution is -2.49. The van der Waals surface area contributed by atoms with Crippen LogP contribution in [0, 0.1) is 17.2 Å². The molecule has 0 amide bonds. The number of fused-ring (bicyclic) bond motifs is 1. The topological polar surface area (TPSA) is 144 Å². The smallest absolute Gasteiger partial charge is 0.421 e. The number of carbonyl (C=O) groups is 1. The quantitative estimate of drug-likeness (QED) is 0.238. The number of alkyl halides is 3. The van der Waals surface area contributed by atoms with E-state index in [0.29, 0.717) is 41.0 Å². The number of halogens is 3. The zero-order valence-electron chi connectivity index (χ0n) is 24.4. The first-order chi connectivity index (χ1) is 20.0. The number of carbonyl (C=O) groups excluding carboxylic acids is 1. The molecule has 43 heavy (non-hydrogen) atoms. The second-order valence-corrected chi connectivity index (χ2v) is 12.3. The van der Waals surface area contributed by atoms with Crippen molar-refractivity contribution in [3.63, 3.8) is 0 Å². The van der Waals surface area contributed by atoms with Gasteiger partial charge in [0.15, 0.2) is 17.1 Å². The Hall–Kier alpha value is -4.25. The van der Waals surface area contributed by atoms with Gasteiger partial charge in [-0.1, -0.05) is 22.8 Å². The molecule has 3 N–H and O–H groups in total. The number of nitrogen functional groups attached to an aromatic ring is 1. The van der Waals surface area contributed by atoms with Crippen molar-refractivity contribution >= 4 is 41.0 Å². The molecule has 5 rings (SSSR count). The van der Waals surface area contributed by atoms with E-state index in [0.717, 1.165) is 12.5 Å². The van der Waals surface area contributed by atoms with Crippen LogP contribution in [0.2, 0.25) is 0 Å². The summed E-state index contributed by atoms with van der Waals surface area (Å²) >= 11 is 0. The van der Waals surface area contributed by atoms with Gasteiger partial charge in [0.25, 0.3) is 0 Å². The van der Waals surface area contributed by atoms with Crippen molar-refractivity contribution in [2.75, 3.05) is 12.8 Å². The summed E-state index contributed by atoms with van der Waals surface area (Å²) < 4.78 is 49.5. The highest BCUT2D eigenvalue weighted by Gasteiger charge is 2.52. The Labute approximate surface area is 248 Å². The molecule has 1 unspecified atom stereocenters. The molecule has 0 bridgehead atoms. The van der Waals surface area contributed by atoms with Crippen LogP contribution in [-0.4, -0.2) is 72.0 Å². The molecule has 0 saturated heterocycles. The lowest BCUT2D eigenvalue weighted by Gasteiger charge is -2.45. The van der Waals surface area contributed by atoms with E-state index < -0.39 is 22.4 Å². The summed E-state index contributed by atoms with van der Waals surface area (Å²) in [4.78, 5) is 20.9. The molecule has 0 spiro atoms. The molecule has 0 radical (unpaired) electrons. The van der Waals surface area contributed by atoms with Gasteiger partial charge in [-0.15, -0.1) is 0 Å². The summed E-state index contributed by atoms with van der Waals surface area (Å²) in [7, 11) is 7.15. The van der Waals surface area contributed by atoms with Crippen molar-refractivity contribution < 1.29 is 27.8 Å². The molecule has 16 heteroatoms. The largest absolute Gasteiger partial charge is 0.469 e. The number of benzene rings is 1. The van der Waals surface area contributed by atoms with Crippen LogP contribution in [-0.2, 0) is 25.8 Å². The molecular weight excluding hydrogens is 560 g/mol. The number of nitrogens with two attached hydrogens (primary N) is 1. The number of nitriles is 1.